The number of nitrogens with zero attached hydrogens (tertiary/aromatic N) is 5. The normalized spacial score (nSPS) is 22.4. The van der Waals surface area contributed by atoms with Gasteiger partial charge in [0.15, 0.2) is 0 Å². The highest BCUT2D eigenvalue weighted by atomic mass is 16.6. The van der Waals surface area contributed by atoms with Crippen molar-refractivity contribution in [1.82, 2.24) is 25.2 Å². The van der Waals surface area contributed by atoms with Gasteiger partial charge >= 0.3 is 12.0 Å². The third-order valence-electron chi connectivity index (χ3n) is 13.0. The summed E-state index contributed by atoms with van der Waals surface area (Å²) in [5, 5.41) is 21.3. The van der Waals surface area contributed by atoms with E-state index in [0.29, 0.717) is 22.4 Å². The SMILES string of the molecule is CC(NC(=O)N1C(=O)C2(c3cc(C#CCn4nnc5ccccc54)ccc31)C(C(N)=O)C1C(=O)OC(c3ccccc3)C(c3ccccc3)N1C2c1cccc(OCCO)c1)c1ccccc1. The number of aliphatic hydroxyl groups excluding tert-OH is 1. The highest BCUT2D eigenvalue weighted by molar-refractivity contribution is 6.24. The molecular weight excluding hydrogens is 847 g/mol. The van der Waals surface area contributed by atoms with Crippen LogP contribution in [0.2, 0.25) is 0 Å². The van der Waals surface area contributed by atoms with Gasteiger partial charge in [-0.3, -0.25) is 19.3 Å². The summed E-state index contributed by atoms with van der Waals surface area (Å²) >= 11 is 0. The Morgan fingerprint density at radius 1 is 0.836 bits per heavy atom. The number of aromatic nitrogens is 3. The number of primary amides is 1. The van der Waals surface area contributed by atoms with Crippen LogP contribution in [0.5, 0.6) is 5.75 Å². The lowest BCUT2D eigenvalue weighted by Gasteiger charge is -2.46. The maximum atomic E-state index is 16.3. The average molecular weight is 892 g/mol. The summed E-state index contributed by atoms with van der Waals surface area (Å²) < 4.78 is 14.1. The Morgan fingerprint density at radius 2 is 1.52 bits per heavy atom. The van der Waals surface area contributed by atoms with Crippen LogP contribution in [0.3, 0.4) is 0 Å². The Hall–Kier alpha value is -8.12. The maximum Gasteiger partial charge on any atom is 0.329 e. The molecule has 4 amide bonds. The molecule has 6 aromatic carbocycles. The van der Waals surface area contributed by atoms with Crippen LogP contribution < -0.4 is 20.7 Å². The van der Waals surface area contributed by atoms with Crippen LogP contribution in [0.1, 0.15) is 64.5 Å². The van der Waals surface area contributed by atoms with Crippen molar-refractivity contribution in [3.05, 3.63) is 191 Å². The van der Waals surface area contributed by atoms with Crippen molar-refractivity contribution in [3.63, 3.8) is 0 Å². The van der Waals surface area contributed by atoms with E-state index in [1.165, 1.54) is 0 Å². The first kappa shape index (κ1) is 42.8. The van der Waals surface area contributed by atoms with Crippen LogP contribution in [-0.4, -0.2) is 68.1 Å². The number of nitrogens with one attached hydrogen (secondary N) is 1. The molecule has 14 nitrogen and oxygen atoms in total. The maximum absolute atomic E-state index is 16.3. The molecule has 3 aliphatic heterocycles. The van der Waals surface area contributed by atoms with Gasteiger partial charge < -0.3 is 25.6 Å². The van der Waals surface area contributed by atoms with Gasteiger partial charge in [0, 0.05) is 5.56 Å². The molecule has 1 aromatic heterocycles. The molecule has 1 spiro atoms. The molecule has 0 saturated carbocycles. The summed E-state index contributed by atoms with van der Waals surface area (Å²) in [4.78, 5) is 63.9. The topological polar surface area (TPSA) is 182 Å². The van der Waals surface area contributed by atoms with Crippen LogP contribution in [-0.2, 0) is 31.1 Å². The zero-order chi connectivity index (χ0) is 46.2. The smallest absolute Gasteiger partial charge is 0.329 e. The van der Waals surface area contributed by atoms with Gasteiger partial charge in [0.2, 0.25) is 11.8 Å². The van der Waals surface area contributed by atoms with Gasteiger partial charge in [-0.2, -0.15) is 0 Å². The molecule has 4 N–H and O–H groups in total. The molecule has 7 aromatic rings. The number of benzene rings is 6. The first-order valence-electron chi connectivity index (χ1n) is 22.0. The summed E-state index contributed by atoms with van der Waals surface area (Å²) in [5.74, 6) is 2.73. The molecule has 3 aliphatic rings. The van der Waals surface area contributed by atoms with E-state index in [1.54, 1.807) is 47.1 Å². The molecule has 4 heterocycles. The second kappa shape index (κ2) is 17.7. The van der Waals surface area contributed by atoms with Crippen LogP contribution in [0.15, 0.2) is 158 Å². The fourth-order valence-electron chi connectivity index (χ4n) is 10.3. The molecule has 0 bridgehead atoms. The number of cyclic esters (lactones) is 1. The number of carbonyl (C=O) groups is 4. The third-order valence-corrected chi connectivity index (χ3v) is 13.0. The number of aliphatic hydroxyl groups is 1. The number of fused-ring (bicyclic) bond motifs is 4. The Bertz CT molecular complexity index is 3080. The number of urea groups is 1. The van der Waals surface area contributed by atoms with Gasteiger partial charge in [0.05, 0.1) is 41.9 Å². The summed E-state index contributed by atoms with van der Waals surface area (Å²) in [7, 11) is 0. The van der Waals surface area contributed by atoms with Crippen molar-refractivity contribution in [3.8, 4) is 17.6 Å². The number of imide groups is 1. The Balaban J connectivity index is 1.21. The standard InChI is InChI=1S/C53H45N7O7/c1-33(35-16-5-2-6-17-35)55-52(65)59-42-27-26-34(15-14-28-58-43-25-12-11-24-41(43)56-57-58)31-40(42)53(51(59)64)44(49(54)62)46-50(63)67-47(37-20-9-4-10-21-37)45(36-18-7-3-8-19-36)60(46)48(53)38-22-13-23-39(32-38)66-30-29-61/h2-13,16-27,31-33,44-48,61H,28-30H2,1H3,(H2,54,62)(H,55,65). The van der Waals surface area contributed by atoms with E-state index in [1.807, 2.05) is 127 Å². The zero-order valence-corrected chi connectivity index (χ0v) is 36.3. The van der Waals surface area contributed by atoms with Crippen molar-refractivity contribution in [1.29, 1.82) is 0 Å². The Labute approximate surface area is 385 Å². The summed E-state index contributed by atoms with van der Waals surface area (Å²) in [5.41, 5.74) is 9.68. The number of para-hydroxylation sites is 1. The van der Waals surface area contributed by atoms with E-state index in [4.69, 9.17) is 15.2 Å². The largest absolute Gasteiger partial charge is 0.491 e. The minimum Gasteiger partial charge on any atom is -0.491 e. The van der Waals surface area contributed by atoms with Crippen molar-refractivity contribution < 1.29 is 33.8 Å². The molecule has 0 aliphatic carbocycles. The molecule has 2 fully saturated rings. The van der Waals surface area contributed by atoms with Gasteiger partial charge in [0.25, 0.3) is 0 Å². The van der Waals surface area contributed by atoms with E-state index in [0.717, 1.165) is 27.1 Å². The second-order valence-electron chi connectivity index (χ2n) is 16.8. The van der Waals surface area contributed by atoms with Gasteiger partial charge in [-0.15, -0.1) is 5.10 Å². The summed E-state index contributed by atoms with van der Waals surface area (Å²) in [6, 6.07) is 43.1. The molecule has 0 radical (unpaired) electrons. The molecular formula is C53H45N7O7. The van der Waals surface area contributed by atoms with Crippen molar-refractivity contribution in [2.24, 2.45) is 11.7 Å². The average Bonchev–Trinajstić information content (AvgIpc) is 4.00. The number of hydrogen-bond acceptors (Lipinski definition) is 10. The van der Waals surface area contributed by atoms with E-state index in [9.17, 15) is 14.7 Å². The molecule has 10 rings (SSSR count). The molecule has 14 heteroatoms. The van der Waals surface area contributed by atoms with E-state index in [-0.39, 0.29) is 31.0 Å². The van der Waals surface area contributed by atoms with E-state index >= 15 is 9.59 Å². The van der Waals surface area contributed by atoms with E-state index < -0.39 is 65.4 Å². The van der Waals surface area contributed by atoms with Crippen molar-refractivity contribution in [2.75, 3.05) is 18.1 Å². The van der Waals surface area contributed by atoms with Gasteiger partial charge in [-0.25, -0.2) is 14.4 Å². The minimum atomic E-state index is -2.05. The zero-order valence-electron chi connectivity index (χ0n) is 36.3. The fourth-order valence-corrected chi connectivity index (χ4v) is 10.3. The number of rotatable bonds is 10. The monoisotopic (exact) mass is 891 g/mol. The highest BCUT2D eigenvalue weighted by Gasteiger charge is 2.75. The van der Waals surface area contributed by atoms with Gasteiger partial charge in [-0.1, -0.05) is 132 Å². The first-order valence-corrected chi connectivity index (χ1v) is 22.0. The van der Waals surface area contributed by atoms with Crippen molar-refractivity contribution >= 4 is 40.5 Å². The predicted octanol–water partition coefficient (Wildman–Crippen LogP) is 6.48. The lowest BCUT2D eigenvalue weighted by Crippen LogP contribution is -2.55. The van der Waals surface area contributed by atoms with Crippen LogP contribution >= 0.6 is 0 Å². The number of carbonyl (C=O) groups excluding carboxylic acids is 4. The fraction of sp³-hybridized carbons (Fsp3) is 0.208. The first-order chi connectivity index (χ1) is 32.7. The predicted molar refractivity (Wildman–Crippen MR) is 248 cm³/mol. The number of hydrogen-bond donors (Lipinski definition) is 3. The number of amides is 4. The molecule has 334 valence electrons. The molecule has 2 saturated heterocycles. The van der Waals surface area contributed by atoms with Crippen LogP contribution in [0.25, 0.3) is 11.0 Å². The lowest BCUT2D eigenvalue weighted by atomic mass is 9.65. The number of ether oxygens (including phenoxy) is 2. The van der Waals surface area contributed by atoms with Gasteiger partial charge in [-0.05, 0) is 77.2 Å². The minimum absolute atomic E-state index is 0.0215. The van der Waals surface area contributed by atoms with Crippen molar-refractivity contribution in [2.45, 2.75) is 49.2 Å². The van der Waals surface area contributed by atoms with Crippen LogP contribution in [0, 0.1) is 17.8 Å². The van der Waals surface area contributed by atoms with Gasteiger partial charge in [0.1, 0.15) is 42.0 Å². The Morgan fingerprint density at radius 3 is 2.25 bits per heavy atom. The molecule has 7 atom stereocenters. The number of morpholine rings is 1. The highest BCUT2D eigenvalue weighted by Crippen LogP contribution is 2.66. The molecule has 7 unspecified atom stereocenters. The van der Waals surface area contributed by atoms with E-state index in [2.05, 4.69) is 27.5 Å². The molecule has 67 heavy (non-hydrogen) atoms. The Kier molecular flexibility index (Phi) is 11.3. The third kappa shape index (κ3) is 7.34. The second-order valence-corrected chi connectivity index (χ2v) is 16.8. The lowest BCUT2D eigenvalue weighted by molar-refractivity contribution is -0.178. The summed E-state index contributed by atoms with van der Waals surface area (Å²) in [6.45, 7) is 1.72. The number of nitrogens with two attached hydrogens (primary N) is 1. The number of esters is 1. The quantitative estimate of drug-likeness (QED) is 0.102. The van der Waals surface area contributed by atoms with Crippen LogP contribution in [0.4, 0.5) is 10.5 Å². The summed E-state index contributed by atoms with van der Waals surface area (Å²) in [6.07, 6.45) is -0.917. The number of anilines is 1.